The number of hydrogen-bond acceptors (Lipinski definition) is 4. The highest BCUT2D eigenvalue weighted by Crippen LogP contribution is 2.31. The predicted octanol–water partition coefficient (Wildman–Crippen LogP) is 3.22. The predicted molar refractivity (Wildman–Crippen MR) is 82.7 cm³/mol. The van der Waals surface area contributed by atoms with E-state index in [1.54, 1.807) is 26.0 Å². The zero-order valence-electron chi connectivity index (χ0n) is 13.4. The second-order valence-corrected chi connectivity index (χ2v) is 5.47. The molecule has 1 heterocycles. The highest BCUT2D eigenvalue weighted by atomic mass is 19.4. The Morgan fingerprint density at radius 3 is 2.36 bits per heavy atom. The Bertz CT molecular complexity index is 847. The minimum Gasteiger partial charge on any atom is -0.505 e. The maximum Gasteiger partial charge on any atom is 0.418 e. The number of carbonyl (C=O) groups is 1. The standard InChI is InChI=1S/C17H14F3N3O2/c1-9-3-11(6-21)4-10(2)13(9)8-23-16(25)15-14(24)5-12(7-22-15)17(18,19)20/h3-5,7,24H,8H2,1-2H3,(H,23,25). The molecule has 2 aromatic rings. The number of pyridine rings is 1. The van der Waals surface area contributed by atoms with Gasteiger partial charge in [-0.3, -0.25) is 4.79 Å². The van der Waals surface area contributed by atoms with E-state index in [0.717, 1.165) is 16.7 Å². The zero-order chi connectivity index (χ0) is 18.8. The number of aromatic nitrogens is 1. The van der Waals surface area contributed by atoms with E-state index in [-0.39, 0.29) is 6.54 Å². The van der Waals surface area contributed by atoms with Crippen LogP contribution in [0.4, 0.5) is 13.2 Å². The van der Waals surface area contributed by atoms with Crippen LogP contribution in [0, 0.1) is 25.2 Å². The molecule has 0 aliphatic carbocycles. The van der Waals surface area contributed by atoms with Crippen LogP contribution in [0.1, 0.15) is 38.3 Å². The van der Waals surface area contributed by atoms with Crippen LogP contribution >= 0.6 is 0 Å². The summed E-state index contributed by atoms with van der Waals surface area (Å²) >= 11 is 0. The number of carbonyl (C=O) groups excluding carboxylic acids is 1. The van der Waals surface area contributed by atoms with E-state index in [2.05, 4.69) is 10.3 Å². The van der Waals surface area contributed by atoms with Crippen molar-refractivity contribution < 1.29 is 23.1 Å². The minimum atomic E-state index is -4.66. The molecular weight excluding hydrogens is 335 g/mol. The number of aromatic hydroxyl groups is 1. The normalized spacial score (nSPS) is 11.0. The summed E-state index contributed by atoms with van der Waals surface area (Å²) in [7, 11) is 0. The summed E-state index contributed by atoms with van der Waals surface area (Å²) in [6.07, 6.45) is -4.16. The summed E-state index contributed by atoms with van der Waals surface area (Å²) in [5.74, 6) is -1.64. The van der Waals surface area contributed by atoms with Crippen molar-refractivity contribution in [2.45, 2.75) is 26.6 Å². The molecule has 0 saturated heterocycles. The molecule has 0 aliphatic heterocycles. The minimum absolute atomic E-state index is 0.0876. The molecule has 8 heteroatoms. The number of amides is 1. The van der Waals surface area contributed by atoms with Crippen LogP contribution in [0.2, 0.25) is 0 Å². The van der Waals surface area contributed by atoms with Gasteiger partial charge in [-0.2, -0.15) is 18.4 Å². The van der Waals surface area contributed by atoms with Gasteiger partial charge < -0.3 is 10.4 Å². The number of rotatable bonds is 3. The molecular formula is C17H14F3N3O2. The first-order valence-electron chi connectivity index (χ1n) is 7.18. The van der Waals surface area contributed by atoms with Crippen LogP contribution in [0.25, 0.3) is 0 Å². The van der Waals surface area contributed by atoms with Crippen molar-refractivity contribution >= 4 is 5.91 Å². The fourth-order valence-electron chi connectivity index (χ4n) is 2.37. The van der Waals surface area contributed by atoms with Gasteiger partial charge >= 0.3 is 6.18 Å². The van der Waals surface area contributed by atoms with Gasteiger partial charge in [-0.25, -0.2) is 4.98 Å². The first kappa shape index (κ1) is 18.3. The Balaban J connectivity index is 2.18. The number of nitrogens with one attached hydrogen (secondary N) is 1. The van der Waals surface area contributed by atoms with Crippen LogP contribution in [0.5, 0.6) is 5.75 Å². The molecule has 5 nitrogen and oxygen atoms in total. The molecule has 0 radical (unpaired) electrons. The van der Waals surface area contributed by atoms with E-state index in [9.17, 15) is 23.1 Å². The summed E-state index contributed by atoms with van der Waals surface area (Å²) in [6.45, 7) is 3.65. The van der Waals surface area contributed by atoms with E-state index in [1.807, 2.05) is 6.07 Å². The van der Waals surface area contributed by atoms with E-state index in [4.69, 9.17) is 5.26 Å². The van der Waals surface area contributed by atoms with Gasteiger partial charge in [0.25, 0.3) is 5.91 Å². The molecule has 0 saturated carbocycles. The Hall–Kier alpha value is -3.08. The Morgan fingerprint density at radius 2 is 1.88 bits per heavy atom. The highest BCUT2D eigenvalue weighted by Gasteiger charge is 2.32. The quantitative estimate of drug-likeness (QED) is 0.891. The monoisotopic (exact) mass is 349 g/mol. The molecule has 25 heavy (non-hydrogen) atoms. The van der Waals surface area contributed by atoms with Crippen molar-refractivity contribution in [1.29, 1.82) is 5.26 Å². The molecule has 0 unspecified atom stereocenters. The third-order valence-electron chi connectivity index (χ3n) is 3.66. The lowest BCUT2D eigenvalue weighted by Crippen LogP contribution is -2.25. The molecule has 0 fully saturated rings. The lowest BCUT2D eigenvalue weighted by Gasteiger charge is -2.13. The van der Waals surface area contributed by atoms with Gasteiger partial charge in [0.2, 0.25) is 0 Å². The van der Waals surface area contributed by atoms with Crippen molar-refractivity contribution in [3.05, 3.63) is 57.9 Å². The van der Waals surface area contributed by atoms with Crippen molar-refractivity contribution in [2.24, 2.45) is 0 Å². The van der Waals surface area contributed by atoms with E-state index in [0.29, 0.717) is 17.8 Å². The van der Waals surface area contributed by atoms with Gasteiger partial charge in [0.05, 0.1) is 17.2 Å². The maximum absolute atomic E-state index is 12.5. The maximum atomic E-state index is 12.5. The second-order valence-electron chi connectivity index (χ2n) is 5.47. The van der Waals surface area contributed by atoms with Crippen LogP contribution in [0.3, 0.4) is 0 Å². The molecule has 0 aliphatic rings. The first-order valence-corrected chi connectivity index (χ1v) is 7.18. The number of nitriles is 1. The third-order valence-corrected chi connectivity index (χ3v) is 3.66. The topological polar surface area (TPSA) is 86.0 Å². The second kappa shape index (κ2) is 6.81. The van der Waals surface area contributed by atoms with Gasteiger partial charge in [-0.1, -0.05) is 0 Å². The van der Waals surface area contributed by atoms with Crippen LogP contribution < -0.4 is 5.32 Å². The van der Waals surface area contributed by atoms with Gasteiger partial charge in [0.1, 0.15) is 5.75 Å². The highest BCUT2D eigenvalue weighted by molar-refractivity contribution is 5.94. The lowest BCUT2D eigenvalue weighted by atomic mass is 9.99. The van der Waals surface area contributed by atoms with Crippen molar-refractivity contribution in [3.8, 4) is 11.8 Å². The fourth-order valence-corrected chi connectivity index (χ4v) is 2.37. The Labute approximate surface area is 141 Å². The molecule has 130 valence electrons. The van der Waals surface area contributed by atoms with Gasteiger partial charge in [-0.05, 0) is 48.7 Å². The summed E-state index contributed by atoms with van der Waals surface area (Å²) < 4.78 is 37.6. The number of hydrogen-bond donors (Lipinski definition) is 2. The van der Waals surface area contributed by atoms with Gasteiger partial charge in [0, 0.05) is 12.7 Å². The van der Waals surface area contributed by atoms with E-state index in [1.165, 1.54) is 0 Å². The fraction of sp³-hybridized carbons (Fsp3) is 0.235. The van der Waals surface area contributed by atoms with Gasteiger partial charge in [-0.15, -0.1) is 0 Å². The summed E-state index contributed by atoms with van der Waals surface area (Å²) in [5, 5.41) is 21.1. The molecule has 1 aromatic carbocycles. The van der Waals surface area contributed by atoms with E-state index < -0.39 is 29.1 Å². The first-order chi connectivity index (χ1) is 11.6. The number of alkyl halides is 3. The summed E-state index contributed by atoms with van der Waals surface area (Å²) in [4.78, 5) is 15.5. The van der Waals surface area contributed by atoms with Gasteiger partial charge in [0.15, 0.2) is 5.69 Å². The lowest BCUT2D eigenvalue weighted by molar-refractivity contribution is -0.138. The molecule has 1 aromatic heterocycles. The summed E-state index contributed by atoms with van der Waals surface area (Å²) in [5.41, 5.74) is 1.23. The van der Waals surface area contributed by atoms with Crippen LogP contribution in [-0.4, -0.2) is 16.0 Å². The number of benzene rings is 1. The van der Waals surface area contributed by atoms with Crippen molar-refractivity contribution in [3.63, 3.8) is 0 Å². The Morgan fingerprint density at radius 1 is 1.28 bits per heavy atom. The number of nitrogens with zero attached hydrogens (tertiary/aromatic N) is 2. The molecule has 1 amide bonds. The molecule has 2 N–H and O–H groups in total. The molecule has 2 rings (SSSR count). The average Bonchev–Trinajstić information content (AvgIpc) is 2.52. The average molecular weight is 349 g/mol. The molecule has 0 bridgehead atoms. The number of aryl methyl sites for hydroxylation is 2. The number of halogens is 3. The van der Waals surface area contributed by atoms with Crippen molar-refractivity contribution in [1.82, 2.24) is 10.3 Å². The van der Waals surface area contributed by atoms with E-state index >= 15 is 0 Å². The Kier molecular flexibility index (Phi) is 4.97. The zero-order valence-corrected chi connectivity index (χ0v) is 13.4. The smallest absolute Gasteiger partial charge is 0.418 e. The van der Waals surface area contributed by atoms with Crippen molar-refractivity contribution in [2.75, 3.05) is 0 Å². The van der Waals surface area contributed by atoms with Crippen LogP contribution in [-0.2, 0) is 12.7 Å². The molecule has 0 atom stereocenters. The van der Waals surface area contributed by atoms with Crippen LogP contribution in [0.15, 0.2) is 24.4 Å². The largest absolute Gasteiger partial charge is 0.505 e. The third kappa shape index (κ3) is 4.07. The SMILES string of the molecule is Cc1cc(C#N)cc(C)c1CNC(=O)c1ncc(C(F)(F)F)cc1O. The molecule has 0 spiro atoms. The summed E-state index contributed by atoms with van der Waals surface area (Å²) in [6, 6.07) is 5.83.